The van der Waals surface area contributed by atoms with Gasteiger partial charge in [-0.15, -0.1) is 0 Å². The molecule has 2 aromatic heterocycles. The van der Waals surface area contributed by atoms with Gasteiger partial charge >= 0.3 is 0 Å². The highest BCUT2D eigenvalue weighted by atomic mass is 35.5. The predicted octanol–water partition coefficient (Wildman–Crippen LogP) is 7.36. The normalized spacial score (nSPS) is 16.8. The molecule has 38 heavy (non-hydrogen) atoms. The quantitative estimate of drug-likeness (QED) is 0.347. The molecule has 1 fully saturated rings. The zero-order chi connectivity index (χ0) is 27.2. The van der Waals surface area contributed by atoms with Gasteiger partial charge in [-0.05, 0) is 67.0 Å². The summed E-state index contributed by atoms with van der Waals surface area (Å²) in [6.45, 7) is 18.7. The van der Waals surface area contributed by atoms with Gasteiger partial charge < -0.3 is 9.80 Å². The predicted molar refractivity (Wildman–Crippen MR) is 158 cm³/mol. The van der Waals surface area contributed by atoms with E-state index < -0.39 is 0 Å². The summed E-state index contributed by atoms with van der Waals surface area (Å²) in [6.07, 6.45) is 7.04. The molecule has 2 aliphatic rings. The van der Waals surface area contributed by atoms with Crippen LogP contribution in [0.2, 0.25) is 5.02 Å². The number of benzene rings is 1. The number of halogens is 1. The average molecular weight is 528 g/mol. The minimum absolute atomic E-state index is 0.311. The lowest BCUT2D eigenvalue weighted by molar-refractivity contribution is 0.215. The third kappa shape index (κ3) is 6.03. The van der Waals surface area contributed by atoms with Crippen LogP contribution in [0.3, 0.4) is 0 Å². The van der Waals surface area contributed by atoms with Crippen molar-refractivity contribution in [3.8, 4) is 6.07 Å². The number of nitrogens with zero attached hydrogens (tertiary/aromatic N) is 5. The van der Waals surface area contributed by atoms with E-state index >= 15 is 0 Å². The standard InChI is InChI=1S/C28H28ClN5.C4H10/c1-18(2)33-10-12-34(13-11-33)19(3)20-4-6-24-26(15-20)32-27-16-21(5-7-25(27)28(24)29)22-8-9-31-23(14-22)17-30;1-3-4-2/h4,6,8-9,14-15,21H,1,3,5,7,10-13,16H2,2H3;3-4H2,1-2H3. The molecule has 0 radical (unpaired) electrons. The monoisotopic (exact) mass is 527 g/mol. The van der Waals surface area contributed by atoms with Gasteiger partial charge in [0.1, 0.15) is 11.8 Å². The van der Waals surface area contributed by atoms with E-state index in [0.717, 1.165) is 95.1 Å². The van der Waals surface area contributed by atoms with E-state index in [9.17, 15) is 5.26 Å². The number of fused-ring (bicyclic) bond motifs is 2. The Morgan fingerprint density at radius 3 is 2.45 bits per heavy atom. The van der Waals surface area contributed by atoms with Crippen molar-refractivity contribution in [3.05, 3.63) is 88.5 Å². The first-order valence-electron chi connectivity index (χ1n) is 13.7. The molecule has 1 aliphatic heterocycles. The summed E-state index contributed by atoms with van der Waals surface area (Å²) in [5.41, 5.74) is 7.96. The third-order valence-corrected chi connectivity index (χ3v) is 8.12. The summed E-state index contributed by atoms with van der Waals surface area (Å²) >= 11 is 6.89. The van der Waals surface area contributed by atoms with Crippen LogP contribution in [0.5, 0.6) is 0 Å². The number of unbranched alkanes of at least 4 members (excludes halogenated alkanes) is 1. The van der Waals surface area contributed by atoms with Crippen molar-refractivity contribution in [1.82, 2.24) is 19.8 Å². The highest BCUT2D eigenvalue weighted by Crippen LogP contribution is 2.38. The Bertz CT molecular complexity index is 1360. The summed E-state index contributed by atoms with van der Waals surface area (Å²) in [6, 6.07) is 12.4. The van der Waals surface area contributed by atoms with Crippen LogP contribution >= 0.6 is 11.6 Å². The van der Waals surface area contributed by atoms with Crippen LogP contribution < -0.4 is 0 Å². The smallest absolute Gasteiger partial charge is 0.140 e. The van der Waals surface area contributed by atoms with E-state index in [4.69, 9.17) is 16.6 Å². The van der Waals surface area contributed by atoms with Gasteiger partial charge in [0, 0.05) is 54.9 Å². The molecule has 0 spiro atoms. The van der Waals surface area contributed by atoms with Gasteiger partial charge in [-0.3, -0.25) is 4.98 Å². The Morgan fingerprint density at radius 1 is 1.08 bits per heavy atom. The van der Waals surface area contributed by atoms with Gasteiger partial charge in [-0.25, -0.2) is 4.98 Å². The Hall–Kier alpha value is -3.36. The van der Waals surface area contributed by atoms with Gasteiger partial charge in [0.15, 0.2) is 0 Å². The van der Waals surface area contributed by atoms with Gasteiger partial charge in [-0.1, -0.05) is 63.6 Å². The molecule has 5 rings (SSSR count). The highest BCUT2D eigenvalue weighted by Gasteiger charge is 2.25. The molecule has 0 bridgehead atoms. The number of hydrogen-bond acceptors (Lipinski definition) is 5. The molecule has 1 aliphatic carbocycles. The average Bonchev–Trinajstić information content (AvgIpc) is 2.96. The second-order valence-corrected chi connectivity index (χ2v) is 10.6. The fourth-order valence-electron chi connectivity index (χ4n) is 5.16. The first kappa shape index (κ1) is 27.7. The van der Waals surface area contributed by atoms with Gasteiger partial charge in [0.25, 0.3) is 0 Å². The van der Waals surface area contributed by atoms with Crippen molar-refractivity contribution in [2.75, 3.05) is 26.2 Å². The molecule has 1 saturated heterocycles. The first-order chi connectivity index (χ1) is 18.4. The highest BCUT2D eigenvalue weighted by molar-refractivity contribution is 6.36. The van der Waals surface area contributed by atoms with E-state index in [2.05, 4.69) is 73.0 Å². The maximum atomic E-state index is 9.22. The van der Waals surface area contributed by atoms with Gasteiger partial charge in [0.2, 0.25) is 0 Å². The zero-order valence-corrected chi connectivity index (χ0v) is 23.7. The van der Waals surface area contributed by atoms with Gasteiger partial charge in [-0.2, -0.15) is 5.26 Å². The SMILES string of the molecule is C=C(C)N1CCN(C(=C)c2ccc3c(Cl)c4c(nc3c2)CC(c2ccnc(C#N)c2)CC4)CC1.CCCC. The summed E-state index contributed by atoms with van der Waals surface area (Å²) < 4.78 is 0. The maximum absolute atomic E-state index is 9.22. The van der Waals surface area contributed by atoms with Crippen LogP contribution in [-0.2, 0) is 12.8 Å². The number of pyridine rings is 2. The molecule has 5 nitrogen and oxygen atoms in total. The number of allylic oxidation sites excluding steroid dienone is 1. The van der Waals surface area contributed by atoms with Crippen LogP contribution in [0.4, 0.5) is 0 Å². The van der Waals surface area contributed by atoms with Crippen molar-refractivity contribution in [2.24, 2.45) is 0 Å². The molecule has 0 N–H and O–H groups in total. The molecule has 6 heteroatoms. The van der Waals surface area contributed by atoms with E-state index in [1.165, 1.54) is 12.8 Å². The van der Waals surface area contributed by atoms with Crippen LogP contribution in [0, 0.1) is 11.3 Å². The third-order valence-electron chi connectivity index (χ3n) is 7.69. The van der Waals surface area contributed by atoms with Crippen molar-refractivity contribution < 1.29 is 0 Å². The van der Waals surface area contributed by atoms with Crippen molar-refractivity contribution >= 4 is 28.2 Å². The minimum Gasteiger partial charge on any atom is -0.372 e. The number of nitriles is 1. The van der Waals surface area contributed by atoms with E-state index in [1.54, 1.807) is 6.20 Å². The Balaban J connectivity index is 0.000000786. The molecular weight excluding hydrogens is 490 g/mol. The Morgan fingerprint density at radius 2 is 1.79 bits per heavy atom. The van der Waals surface area contributed by atoms with Crippen LogP contribution in [0.15, 0.2) is 55.4 Å². The fraction of sp³-hybridized carbons (Fsp3) is 0.406. The van der Waals surface area contributed by atoms with Crippen molar-refractivity contribution in [2.45, 2.75) is 58.8 Å². The van der Waals surface area contributed by atoms with Crippen molar-refractivity contribution in [1.29, 1.82) is 5.26 Å². The molecule has 0 saturated carbocycles. The zero-order valence-electron chi connectivity index (χ0n) is 22.9. The van der Waals surface area contributed by atoms with E-state index in [-0.39, 0.29) is 0 Å². The largest absolute Gasteiger partial charge is 0.372 e. The molecule has 198 valence electrons. The minimum atomic E-state index is 0.311. The number of piperazine rings is 1. The molecule has 1 unspecified atom stereocenters. The van der Waals surface area contributed by atoms with Crippen LogP contribution in [-0.4, -0.2) is 45.9 Å². The Labute approximate surface area is 232 Å². The fourth-order valence-corrected chi connectivity index (χ4v) is 5.52. The van der Waals surface area contributed by atoms with E-state index in [1.807, 2.05) is 12.1 Å². The molecule has 3 aromatic rings. The lowest BCUT2D eigenvalue weighted by atomic mass is 9.82. The van der Waals surface area contributed by atoms with Crippen LogP contribution in [0.25, 0.3) is 16.6 Å². The maximum Gasteiger partial charge on any atom is 0.140 e. The second-order valence-electron chi connectivity index (χ2n) is 10.3. The Kier molecular flexibility index (Phi) is 9.07. The second kappa shape index (κ2) is 12.5. The lowest BCUT2D eigenvalue weighted by Gasteiger charge is -2.38. The number of hydrogen-bond donors (Lipinski definition) is 0. The number of rotatable bonds is 5. The summed E-state index contributed by atoms with van der Waals surface area (Å²) in [5.74, 6) is 0.311. The summed E-state index contributed by atoms with van der Waals surface area (Å²) in [4.78, 5) is 13.8. The molecule has 1 aromatic carbocycles. The first-order valence-corrected chi connectivity index (χ1v) is 14.1. The molecular formula is C32H38ClN5. The molecule has 0 amide bonds. The van der Waals surface area contributed by atoms with E-state index in [0.29, 0.717) is 11.6 Å². The molecule has 1 atom stereocenters. The summed E-state index contributed by atoms with van der Waals surface area (Å²) in [5, 5.41) is 11.0. The topological polar surface area (TPSA) is 56.1 Å². The molecule has 3 heterocycles. The van der Waals surface area contributed by atoms with Gasteiger partial charge in [0.05, 0.1) is 10.5 Å². The number of aromatic nitrogens is 2. The lowest BCUT2D eigenvalue weighted by Crippen LogP contribution is -2.44. The van der Waals surface area contributed by atoms with Crippen LogP contribution in [0.1, 0.15) is 74.0 Å². The van der Waals surface area contributed by atoms with Crippen molar-refractivity contribution in [3.63, 3.8) is 0 Å². The summed E-state index contributed by atoms with van der Waals surface area (Å²) in [7, 11) is 0.